The molecule has 0 aliphatic rings. The number of benzene rings is 2. The van der Waals surface area contributed by atoms with Crippen molar-refractivity contribution in [3.05, 3.63) is 59.1 Å². The van der Waals surface area contributed by atoms with Crippen LogP contribution in [0.25, 0.3) is 0 Å². The van der Waals surface area contributed by atoms with Crippen molar-refractivity contribution in [1.82, 2.24) is 0 Å². The van der Waals surface area contributed by atoms with Crippen molar-refractivity contribution in [2.75, 3.05) is 7.11 Å². The van der Waals surface area contributed by atoms with Gasteiger partial charge in [0.25, 0.3) is 0 Å². The average Bonchev–Trinajstić information content (AvgIpc) is 2.52. The molecule has 0 saturated heterocycles. The predicted octanol–water partition coefficient (Wildman–Crippen LogP) is 5.13. The minimum Gasteiger partial charge on any atom is -0.497 e. The molecule has 0 N–H and O–H groups in total. The molecule has 3 nitrogen and oxygen atoms in total. The Morgan fingerprint density at radius 2 is 1.83 bits per heavy atom. The summed E-state index contributed by atoms with van der Waals surface area (Å²) in [5, 5.41) is 0.129. The lowest BCUT2D eigenvalue weighted by Gasteiger charge is -2.18. The van der Waals surface area contributed by atoms with Crippen LogP contribution in [0.1, 0.15) is 24.7 Å². The van der Waals surface area contributed by atoms with Crippen LogP contribution in [0.4, 0.5) is 0 Å². The van der Waals surface area contributed by atoms with E-state index in [-0.39, 0.29) is 12.1 Å². The fraction of sp³-hybridized carbons (Fsp3) is 0.278. The Balaban J connectivity index is 2.26. The number of esters is 1. The number of methoxy groups -OCH3 is 1. The highest BCUT2D eigenvalue weighted by Crippen LogP contribution is 2.37. The smallest absolute Gasteiger partial charge is 0.324 e. The molecule has 0 bridgehead atoms. The first-order valence-corrected chi connectivity index (χ1v) is 8.52. The third kappa shape index (κ3) is 5.19. The summed E-state index contributed by atoms with van der Waals surface area (Å²) in [5.74, 6) is 0.501. The van der Waals surface area contributed by atoms with Crippen LogP contribution in [-0.4, -0.2) is 19.2 Å². The summed E-state index contributed by atoms with van der Waals surface area (Å²) in [6, 6.07) is 14.9. The quantitative estimate of drug-likeness (QED) is 0.534. The van der Waals surface area contributed by atoms with E-state index >= 15 is 0 Å². The van der Waals surface area contributed by atoms with Crippen LogP contribution in [0.3, 0.4) is 0 Å². The number of rotatable bonds is 6. The van der Waals surface area contributed by atoms with Gasteiger partial charge in [-0.05, 0) is 55.8 Å². The number of carbonyl (C=O) groups excluding carboxylic acids is 1. The molecule has 122 valence electrons. The molecular weight excluding hydrogens is 332 g/mol. The van der Waals surface area contributed by atoms with E-state index in [0.29, 0.717) is 5.02 Å². The highest BCUT2D eigenvalue weighted by Gasteiger charge is 2.24. The number of hydrogen-bond donors (Lipinski definition) is 0. The van der Waals surface area contributed by atoms with E-state index in [1.165, 1.54) is 11.8 Å². The van der Waals surface area contributed by atoms with E-state index in [2.05, 4.69) is 0 Å². The van der Waals surface area contributed by atoms with Crippen LogP contribution in [-0.2, 0) is 9.53 Å². The Kier molecular flexibility index (Phi) is 6.37. The summed E-state index contributed by atoms with van der Waals surface area (Å²) in [5.41, 5.74) is 0.823. The normalized spacial score (nSPS) is 12.0. The zero-order valence-electron chi connectivity index (χ0n) is 13.3. The van der Waals surface area contributed by atoms with Gasteiger partial charge in [-0.2, -0.15) is 0 Å². The largest absolute Gasteiger partial charge is 0.497 e. The molecule has 0 radical (unpaired) electrons. The maximum atomic E-state index is 12.5. The number of ether oxygens (including phenoxy) is 2. The van der Waals surface area contributed by atoms with Gasteiger partial charge < -0.3 is 9.47 Å². The SMILES string of the molecule is COc1ccc(SC(C(=O)OC(C)C)c2cccc(Cl)c2)cc1. The molecule has 5 heteroatoms. The first-order valence-electron chi connectivity index (χ1n) is 7.26. The fourth-order valence-electron chi connectivity index (χ4n) is 2.01. The van der Waals surface area contributed by atoms with Gasteiger partial charge in [0, 0.05) is 9.92 Å². The molecule has 23 heavy (non-hydrogen) atoms. The number of halogens is 1. The van der Waals surface area contributed by atoms with Gasteiger partial charge in [-0.25, -0.2) is 0 Å². The molecule has 2 rings (SSSR count). The lowest BCUT2D eigenvalue weighted by Crippen LogP contribution is -2.17. The molecule has 1 atom stereocenters. The molecule has 0 aromatic heterocycles. The Morgan fingerprint density at radius 1 is 1.13 bits per heavy atom. The number of hydrogen-bond acceptors (Lipinski definition) is 4. The highest BCUT2D eigenvalue weighted by molar-refractivity contribution is 8.00. The van der Waals surface area contributed by atoms with E-state index in [1.807, 2.05) is 50.2 Å². The first kappa shape index (κ1) is 17.7. The molecule has 2 aromatic carbocycles. The third-order valence-corrected chi connectivity index (χ3v) is 4.51. The molecule has 0 aliphatic carbocycles. The molecule has 2 aromatic rings. The monoisotopic (exact) mass is 350 g/mol. The van der Waals surface area contributed by atoms with E-state index in [4.69, 9.17) is 21.1 Å². The van der Waals surface area contributed by atoms with Gasteiger partial charge >= 0.3 is 5.97 Å². The highest BCUT2D eigenvalue weighted by atomic mass is 35.5. The molecule has 0 spiro atoms. The number of carbonyl (C=O) groups is 1. The van der Waals surface area contributed by atoms with E-state index < -0.39 is 5.25 Å². The van der Waals surface area contributed by atoms with Crippen LogP contribution in [0.5, 0.6) is 5.75 Å². The maximum absolute atomic E-state index is 12.5. The lowest BCUT2D eigenvalue weighted by atomic mass is 10.1. The Labute approximate surface area is 145 Å². The first-order chi connectivity index (χ1) is 11.0. The van der Waals surface area contributed by atoms with Gasteiger partial charge in [-0.1, -0.05) is 23.7 Å². The summed E-state index contributed by atoms with van der Waals surface area (Å²) < 4.78 is 10.6. The Morgan fingerprint density at radius 3 is 2.39 bits per heavy atom. The van der Waals surface area contributed by atoms with Crippen molar-refractivity contribution in [1.29, 1.82) is 0 Å². The molecule has 0 fully saturated rings. The second kappa shape index (κ2) is 8.27. The van der Waals surface area contributed by atoms with E-state index in [9.17, 15) is 4.79 Å². The van der Waals surface area contributed by atoms with Crippen LogP contribution in [0.2, 0.25) is 5.02 Å². The van der Waals surface area contributed by atoms with Crippen LogP contribution in [0.15, 0.2) is 53.4 Å². The second-order valence-electron chi connectivity index (χ2n) is 5.21. The topological polar surface area (TPSA) is 35.5 Å². The minimum absolute atomic E-state index is 0.166. The van der Waals surface area contributed by atoms with Crippen molar-refractivity contribution in [2.24, 2.45) is 0 Å². The van der Waals surface area contributed by atoms with Gasteiger partial charge in [-0.15, -0.1) is 11.8 Å². The summed E-state index contributed by atoms with van der Waals surface area (Å²) in [4.78, 5) is 13.4. The zero-order chi connectivity index (χ0) is 16.8. The molecule has 0 aliphatic heterocycles. The van der Waals surface area contributed by atoms with Crippen molar-refractivity contribution in [2.45, 2.75) is 30.1 Å². The second-order valence-corrected chi connectivity index (χ2v) is 6.83. The van der Waals surface area contributed by atoms with Gasteiger partial charge in [0.15, 0.2) is 0 Å². The van der Waals surface area contributed by atoms with Crippen molar-refractivity contribution >= 4 is 29.3 Å². The van der Waals surface area contributed by atoms with Crippen molar-refractivity contribution in [3.8, 4) is 5.75 Å². The Bertz CT molecular complexity index is 656. The Hall–Kier alpha value is -1.65. The molecule has 1 unspecified atom stereocenters. The molecule has 0 heterocycles. The fourth-order valence-corrected chi connectivity index (χ4v) is 3.20. The van der Waals surface area contributed by atoms with Crippen LogP contribution < -0.4 is 4.74 Å². The van der Waals surface area contributed by atoms with E-state index in [1.54, 1.807) is 19.2 Å². The zero-order valence-corrected chi connectivity index (χ0v) is 14.9. The molecular formula is C18H19ClO3S. The van der Waals surface area contributed by atoms with Gasteiger partial charge in [0.2, 0.25) is 0 Å². The minimum atomic E-state index is -0.468. The summed E-state index contributed by atoms with van der Waals surface area (Å²) in [6.45, 7) is 3.68. The van der Waals surface area contributed by atoms with Gasteiger partial charge in [0.05, 0.1) is 13.2 Å². The summed E-state index contributed by atoms with van der Waals surface area (Å²) in [7, 11) is 1.62. The summed E-state index contributed by atoms with van der Waals surface area (Å²) >= 11 is 7.50. The molecule has 0 saturated carbocycles. The van der Waals surface area contributed by atoms with Crippen LogP contribution in [0, 0.1) is 0 Å². The third-order valence-electron chi connectivity index (χ3n) is 3.03. The van der Waals surface area contributed by atoms with Crippen LogP contribution >= 0.6 is 23.4 Å². The maximum Gasteiger partial charge on any atom is 0.324 e. The van der Waals surface area contributed by atoms with Crippen molar-refractivity contribution in [3.63, 3.8) is 0 Å². The lowest BCUT2D eigenvalue weighted by molar-refractivity contribution is -0.146. The van der Waals surface area contributed by atoms with Crippen molar-refractivity contribution < 1.29 is 14.3 Å². The standard InChI is InChI=1S/C18H19ClO3S/c1-12(2)22-18(20)17(13-5-4-6-14(19)11-13)23-16-9-7-15(21-3)8-10-16/h4-12,17H,1-3H3. The number of thioether (sulfide) groups is 1. The van der Waals surface area contributed by atoms with Gasteiger partial charge in [0.1, 0.15) is 11.0 Å². The van der Waals surface area contributed by atoms with Gasteiger partial charge in [-0.3, -0.25) is 4.79 Å². The van der Waals surface area contributed by atoms with E-state index in [0.717, 1.165) is 16.2 Å². The summed E-state index contributed by atoms with van der Waals surface area (Å²) in [6.07, 6.45) is -0.166. The average molecular weight is 351 g/mol. The molecule has 0 amide bonds. The predicted molar refractivity (Wildman–Crippen MR) is 94.3 cm³/mol.